The number of thiazole rings is 2. The summed E-state index contributed by atoms with van der Waals surface area (Å²) in [6.07, 6.45) is 0. The van der Waals surface area contributed by atoms with Gasteiger partial charge in [-0.1, -0.05) is 33.8 Å². The van der Waals surface area contributed by atoms with E-state index in [4.69, 9.17) is 21.1 Å². The molecule has 0 radical (unpaired) electrons. The number of β-lactam (4-membered cyclic amide) rings is 2. The molecule has 4 atom stereocenters. The summed E-state index contributed by atoms with van der Waals surface area (Å²) in [5, 5.41) is 68.2. The van der Waals surface area contributed by atoms with Gasteiger partial charge in [-0.15, -0.1) is 46.2 Å². The topological polar surface area (TPSA) is 662 Å². The Kier molecular flexibility index (Phi) is 41.0. The van der Waals surface area contributed by atoms with E-state index >= 15 is 0 Å². The number of nitrogens with one attached hydrogen (secondary N) is 2. The van der Waals surface area contributed by atoms with Crippen LogP contribution in [0.5, 0.6) is 11.8 Å². The molecular formula is C36H46N16Na4O21S6. The number of fused-ring (bicyclic) bond motifs is 2. The molecule has 0 spiro atoms. The molecule has 2 fully saturated rings. The third-order valence-corrected chi connectivity index (χ3v) is 16.2. The zero-order chi connectivity index (χ0) is 52.3. The normalized spacial score (nSPS) is 17.0. The van der Waals surface area contributed by atoms with Crippen LogP contribution in [0.25, 0.3) is 0 Å². The molecule has 0 aliphatic carbocycles. The minimum atomic E-state index is -1.57. The van der Waals surface area contributed by atoms with Crippen molar-refractivity contribution in [1.29, 1.82) is 0 Å². The number of carbonyl (C=O) groups excluding carboxylic acids is 6. The van der Waals surface area contributed by atoms with Crippen molar-refractivity contribution in [2.45, 2.75) is 33.1 Å². The molecule has 8 heterocycles. The Balaban J connectivity index is -0.000000431. The summed E-state index contributed by atoms with van der Waals surface area (Å²) in [4.78, 5) is 125. The zero-order valence-electron chi connectivity index (χ0n) is 44.5. The number of amides is 4. The summed E-state index contributed by atoms with van der Waals surface area (Å²) in [7, 11) is 5.32. The number of nitrogens with zero attached hydrogens (tertiary/aromatic N) is 12. The predicted molar refractivity (Wildman–Crippen MR) is 274 cm³/mol. The summed E-state index contributed by atoms with van der Waals surface area (Å²) >= 11 is 6.61. The Morgan fingerprint density at radius 1 is 0.627 bits per heavy atom. The third kappa shape index (κ3) is 19.7. The molecule has 4 aromatic heterocycles. The van der Waals surface area contributed by atoms with Crippen LogP contribution in [0.1, 0.15) is 11.4 Å². The summed E-state index contributed by atoms with van der Waals surface area (Å²) in [5.41, 5.74) is 9.14. The van der Waals surface area contributed by atoms with Gasteiger partial charge in [0.15, 0.2) is 32.0 Å². The van der Waals surface area contributed by atoms with Crippen molar-refractivity contribution < 1.29 is 215 Å². The van der Waals surface area contributed by atoms with E-state index in [0.717, 1.165) is 65.4 Å². The Bertz CT molecular complexity index is 2980. The number of hydrogen-bond donors (Lipinski definition) is 4. The molecule has 4 aromatic rings. The van der Waals surface area contributed by atoms with Gasteiger partial charge in [0.1, 0.15) is 48.4 Å². The molecule has 0 aromatic carbocycles. The number of carboxylic acid groups (broad SMARTS) is 2. The fourth-order valence-electron chi connectivity index (χ4n) is 6.78. The van der Waals surface area contributed by atoms with E-state index in [1.54, 1.807) is 0 Å². The molecule has 4 amide bonds. The largest absolute Gasteiger partial charge is 1.00 e. The Hall–Kier alpha value is -3.56. The van der Waals surface area contributed by atoms with Crippen LogP contribution in [0, 0.1) is 0 Å². The first kappa shape index (κ1) is 88.2. The maximum absolute atomic E-state index is 12.9. The van der Waals surface area contributed by atoms with Crippen molar-refractivity contribution >= 4 is 127 Å². The fraction of sp³-hybridized carbons (Fsp3) is 0.333. The molecule has 20 N–H and O–H groups in total. The summed E-state index contributed by atoms with van der Waals surface area (Å²) in [6, 6.07) is -2.05. The maximum atomic E-state index is 12.9. The number of aliphatic carboxylic acids is 2. The van der Waals surface area contributed by atoms with Gasteiger partial charge in [-0.3, -0.25) is 38.6 Å². The van der Waals surface area contributed by atoms with Crippen LogP contribution in [-0.2, 0) is 52.5 Å². The molecule has 0 saturated carbocycles. The molecule has 4 aliphatic heterocycles. The van der Waals surface area contributed by atoms with Crippen molar-refractivity contribution in [3.8, 4) is 11.8 Å². The maximum Gasteiger partial charge on any atom is 1.00 e. The molecule has 4 aliphatic rings. The predicted octanol–water partition coefficient (Wildman–Crippen LogP) is -24.1. The van der Waals surface area contributed by atoms with Gasteiger partial charge < -0.3 is 100 Å². The average Bonchev–Trinajstić information content (AvgIpc) is 3.98. The van der Waals surface area contributed by atoms with Gasteiger partial charge in [0.25, 0.3) is 34.7 Å². The molecule has 0 bridgehead atoms. The average molecular weight is 1320 g/mol. The zero-order valence-corrected chi connectivity index (χ0v) is 57.4. The molecule has 47 heteroatoms. The second kappa shape index (κ2) is 38.6. The Morgan fingerprint density at radius 2 is 0.952 bits per heavy atom. The number of hydrogen-bond acceptors (Lipinski definition) is 30. The van der Waals surface area contributed by atoms with Crippen LogP contribution in [0.2, 0.25) is 0 Å². The van der Waals surface area contributed by atoms with E-state index in [0.29, 0.717) is 11.1 Å². The number of carboxylic acids is 2. The number of aromatic nitrogens is 8. The smallest absolute Gasteiger partial charge is 0.854 e. The van der Waals surface area contributed by atoms with Gasteiger partial charge in [0.05, 0.1) is 35.1 Å². The SMILES string of the molecule is CO/N=C(\C(=O)N[C@H]1C(=O)N2C(C(=O)[O-])=C(CSc3nc(=O)c([O-])nn3C)CS[C@H]12)c1csc(N)n1.CO/N=C(\C(=O)N[C@H]1C(=O)N2C(C(=O)[O-])=C(CSc3nc(=O)c([O-])nn3C)CS[C@H]12)c1csc(N)n1.O.O.O.O.O.O.O.[Na+].[Na+].[Na+].[Na+]. The first-order valence-electron chi connectivity index (χ1n) is 19.8. The first-order valence-corrected chi connectivity index (χ1v) is 25.6. The first-order chi connectivity index (χ1) is 34.2. The fourth-order valence-corrected chi connectivity index (χ4v) is 12.7. The van der Waals surface area contributed by atoms with Crippen LogP contribution in [-0.4, -0.2) is 195 Å². The number of oxime groups is 2. The van der Waals surface area contributed by atoms with Gasteiger partial charge >= 0.3 is 118 Å². The molecular weight excluding hydrogens is 1280 g/mol. The number of nitrogens with two attached hydrogens (primary N) is 2. The van der Waals surface area contributed by atoms with Crippen molar-refractivity contribution in [2.75, 3.05) is 48.7 Å². The van der Waals surface area contributed by atoms with E-state index in [9.17, 15) is 58.8 Å². The van der Waals surface area contributed by atoms with Crippen molar-refractivity contribution in [3.05, 3.63) is 65.4 Å². The third-order valence-electron chi connectivity index (χ3n) is 9.93. The van der Waals surface area contributed by atoms with Gasteiger partial charge in [-0.05, 0) is 11.1 Å². The number of nitrogen functional groups attached to an aromatic ring is 2. The summed E-state index contributed by atoms with van der Waals surface area (Å²) < 4.78 is 2.23. The van der Waals surface area contributed by atoms with Gasteiger partial charge in [0, 0.05) is 47.9 Å². The van der Waals surface area contributed by atoms with E-state index in [1.165, 1.54) is 62.6 Å². The monoisotopic (exact) mass is 1320 g/mol. The van der Waals surface area contributed by atoms with Crippen LogP contribution in [0.15, 0.2) is 63.5 Å². The molecule has 83 heavy (non-hydrogen) atoms. The Labute approximate surface area is 579 Å². The van der Waals surface area contributed by atoms with Crippen molar-refractivity contribution in [2.24, 2.45) is 24.4 Å². The summed E-state index contributed by atoms with van der Waals surface area (Å²) in [5.74, 6) is -7.48. The standard InChI is InChI=1S/2C18H18N8O7S3.4Na.7H2O/c2*1-25-18(22-12(28)13(29)23-25)36-4-6-3-34-15-9(14(30)26(15)10(6)16(31)32)21-11(27)8(24-33-2)7-5-35-17(19)20-7;;;;;;;;;;;/h2*5,9,15H,3-4H2,1-2H3,(H2,19,20)(H,21,27)(H,23,29)(H,31,32);;;;;7*1H2/q;;4*+1;;;;;;;/p-4/b2*24-8-;;;;;;;;;;;/t2*9-,15+;;;;;;;;;;;/m00.........../s1. The number of anilines is 2. The molecule has 2 saturated heterocycles. The molecule has 0 unspecified atom stereocenters. The Morgan fingerprint density at radius 3 is 1.23 bits per heavy atom. The van der Waals surface area contributed by atoms with Crippen molar-refractivity contribution in [3.63, 3.8) is 0 Å². The van der Waals surface area contributed by atoms with Crippen molar-refractivity contribution in [1.82, 2.24) is 59.9 Å². The van der Waals surface area contributed by atoms with E-state index in [1.807, 2.05) is 0 Å². The second-order valence-electron chi connectivity index (χ2n) is 14.4. The molecule has 37 nitrogen and oxygen atoms in total. The number of aryl methyl sites for hydroxylation is 2. The minimum Gasteiger partial charge on any atom is -0.854 e. The van der Waals surface area contributed by atoms with Gasteiger partial charge in [0.2, 0.25) is 0 Å². The number of thioether (sulfide) groups is 4. The van der Waals surface area contributed by atoms with Crippen LogP contribution in [0.4, 0.5) is 10.3 Å². The number of rotatable bonds is 16. The minimum absolute atomic E-state index is 0. The second-order valence-corrected chi connectivity index (χ2v) is 20.3. The quantitative estimate of drug-likeness (QED) is 0.0266. The summed E-state index contributed by atoms with van der Waals surface area (Å²) in [6.45, 7) is 0. The van der Waals surface area contributed by atoms with Crippen LogP contribution in [0.3, 0.4) is 0 Å². The van der Waals surface area contributed by atoms with E-state index in [2.05, 4.69) is 51.1 Å². The van der Waals surface area contributed by atoms with Crippen LogP contribution >= 0.6 is 69.7 Å². The van der Waals surface area contributed by atoms with Gasteiger partial charge in [-0.2, -0.15) is 20.2 Å². The molecule has 8 rings (SSSR count). The molecule has 436 valence electrons. The van der Waals surface area contributed by atoms with Gasteiger partial charge in [-0.25, -0.2) is 19.3 Å². The van der Waals surface area contributed by atoms with E-state index < -0.39 is 81.3 Å². The number of carbonyl (C=O) groups is 6. The van der Waals surface area contributed by atoms with Crippen LogP contribution < -0.4 is 172 Å². The van der Waals surface area contributed by atoms with E-state index in [-0.39, 0.29) is 234 Å².